The quantitative estimate of drug-likeness (QED) is 0.324. The van der Waals surface area contributed by atoms with Gasteiger partial charge >= 0.3 is 0 Å². The number of unbranched alkanes of at least 4 members (excludes halogenated alkanes) is 4. The fourth-order valence-electron chi connectivity index (χ4n) is 1.95. The maximum atomic E-state index is 13.6. The number of nitrogens with zero attached hydrogens (tertiary/aromatic N) is 1. The van der Waals surface area contributed by atoms with Crippen molar-refractivity contribution in [1.29, 1.82) is 0 Å². The molecule has 126 valence electrons. The SMILES string of the molecule is CCCCCCCC(=O)NC(=S)Nc1cc([N+](=O)[O-])ccc1F. The van der Waals surface area contributed by atoms with Gasteiger partial charge in [-0.25, -0.2) is 4.39 Å². The Kier molecular flexibility index (Phi) is 8.10. The molecule has 1 rings (SSSR count). The average Bonchev–Trinajstić information content (AvgIpc) is 2.49. The summed E-state index contributed by atoms with van der Waals surface area (Å²) >= 11 is 4.92. The van der Waals surface area contributed by atoms with E-state index in [4.69, 9.17) is 12.2 Å². The predicted octanol–water partition coefficient (Wildman–Crippen LogP) is 3.91. The molecule has 0 aliphatic heterocycles. The van der Waals surface area contributed by atoms with E-state index in [1.165, 1.54) is 0 Å². The first-order chi connectivity index (χ1) is 10.9. The summed E-state index contributed by atoms with van der Waals surface area (Å²) in [6.07, 6.45) is 5.44. The lowest BCUT2D eigenvalue weighted by Gasteiger charge is -2.10. The lowest BCUT2D eigenvalue weighted by Crippen LogP contribution is -2.34. The third-order valence-electron chi connectivity index (χ3n) is 3.17. The van der Waals surface area contributed by atoms with E-state index in [2.05, 4.69) is 17.6 Å². The van der Waals surface area contributed by atoms with Crippen LogP contribution < -0.4 is 10.6 Å². The highest BCUT2D eigenvalue weighted by Gasteiger charge is 2.12. The first-order valence-electron chi connectivity index (χ1n) is 7.48. The molecule has 6 nitrogen and oxygen atoms in total. The number of halogens is 1. The van der Waals surface area contributed by atoms with Gasteiger partial charge in [0.05, 0.1) is 10.6 Å². The predicted molar refractivity (Wildman–Crippen MR) is 90.8 cm³/mol. The lowest BCUT2D eigenvalue weighted by molar-refractivity contribution is -0.384. The van der Waals surface area contributed by atoms with E-state index >= 15 is 0 Å². The first kappa shape index (κ1) is 19.0. The van der Waals surface area contributed by atoms with Gasteiger partial charge < -0.3 is 10.6 Å². The molecule has 1 aromatic carbocycles. The number of hydrogen-bond donors (Lipinski definition) is 2. The summed E-state index contributed by atoms with van der Waals surface area (Å²) in [5.41, 5.74) is -0.411. The molecular weight excluding hydrogens is 321 g/mol. The third kappa shape index (κ3) is 7.14. The van der Waals surface area contributed by atoms with Gasteiger partial charge in [-0.05, 0) is 24.7 Å². The van der Waals surface area contributed by atoms with E-state index in [1.54, 1.807) is 0 Å². The highest BCUT2D eigenvalue weighted by Crippen LogP contribution is 2.21. The van der Waals surface area contributed by atoms with Crippen LogP contribution in [0.2, 0.25) is 0 Å². The molecular formula is C15H20FN3O3S. The van der Waals surface area contributed by atoms with E-state index in [9.17, 15) is 19.3 Å². The molecule has 0 saturated heterocycles. The van der Waals surface area contributed by atoms with Crippen LogP contribution in [0.25, 0.3) is 0 Å². The molecule has 0 atom stereocenters. The van der Waals surface area contributed by atoms with Crippen LogP contribution in [0.15, 0.2) is 18.2 Å². The number of hydrogen-bond acceptors (Lipinski definition) is 4. The van der Waals surface area contributed by atoms with Gasteiger partial charge in [0.15, 0.2) is 5.11 Å². The van der Waals surface area contributed by atoms with Crippen LogP contribution in [0.1, 0.15) is 45.4 Å². The molecule has 0 spiro atoms. The van der Waals surface area contributed by atoms with Crippen molar-refractivity contribution in [3.8, 4) is 0 Å². The van der Waals surface area contributed by atoms with E-state index in [0.29, 0.717) is 6.42 Å². The molecule has 0 fully saturated rings. The fraction of sp³-hybridized carbons (Fsp3) is 0.467. The molecule has 0 bridgehead atoms. The van der Waals surface area contributed by atoms with Crippen LogP contribution in [0, 0.1) is 15.9 Å². The van der Waals surface area contributed by atoms with E-state index in [1.807, 2.05) is 0 Å². The molecule has 2 N–H and O–H groups in total. The van der Waals surface area contributed by atoms with Crippen molar-refractivity contribution in [2.24, 2.45) is 0 Å². The molecule has 0 aromatic heterocycles. The maximum Gasteiger partial charge on any atom is 0.271 e. The van der Waals surface area contributed by atoms with Crippen LogP contribution in [0.5, 0.6) is 0 Å². The van der Waals surface area contributed by atoms with Crippen molar-refractivity contribution in [3.05, 3.63) is 34.1 Å². The average molecular weight is 341 g/mol. The van der Waals surface area contributed by atoms with Gasteiger partial charge in [0.25, 0.3) is 5.69 Å². The van der Waals surface area contributed by atoms with Gasteiger partial charge in [0, 0.05) is 18.6 Å². The van der Waals surface area contributed by atoms with Gasteiger partial charge in [-0.15, -0.1) is 0 Å². The highest BCUT2D eigenvalue weighted by molar-refractivity contribution is 7.80. The normalized spacial score (nSPS) is 10.2. The summed E-state index contributed by atoms with van der Waals surface area (Å²) in [5, 5.41) is 15.5. The second-order valence-electron chi connectivity index (χ2n) is 5.09. The summed E-state index contributed by atoms with van der Waals surface area (Å²) in [7, 11) is 0. The molecule has 0 radical (unpaired) electrons. The van der Waals surface area contributed by atoms with Crippen LogP contribution in [0.3, 0.4) is 0 Å². The van der Waals surface area contributed by atoms with E-state index in [-0.39, 0.29) is 22.4 Å². The van der Waals surface area contributed by atoms with Crippen LogP contribution in [0.4, 0.5) is 15.8 Å². The number of nitrogens with one attached hydrogen (secondary N) is 2. The number of carbonyl (C=O) groups excluding carboxylic acids is 1. The van der Waals surface area contributed by atoms with Crippen LogP contribution in [-0.4, -0.2) is 15.9 Å². The molecule has 0 heterocycles. The topological polar surface area (TPSA) is 84.3 Å². The van der Waals surface area contributed by atoms with E-state index in [0.717, 1.165) is 50.3 Å². The summed E-state index contributed by atoms with van der Waals surface area (Å²) in [6, 6.07) is 3.05. The number of nitro groups is 1. The molecule has 1 aromatic rings. The molecule has 0 aliphatic rings. The Morgan fingerprint density at radius 2 is 2.00 bits per heavy atom. The third-order valence-corrected chi connectivity index (χ3v) is 3.37. The van der Waals surface area contributed by atoms with Crippen molar-refractivity contribution < 1.29 is 14.1 Å². The Balaban J connectivity index is 2.45. The van der Waals surface area contributed by atoms with Crippen LogP contribution >= 0.6 is 12.2 Å². The number of benzene rings is 1. The number of non-ortho nitro benzene ring substituents is 1. The minimum Gasteiger partial charge on any atom is -0.330 e. The zero-order valence-corrected chi connectivity index (χ0v) is 13.7. The molecule has 0 unspecified atom stereocenters. The zero-order valence-electron chi connectivity index (χ0n) is 12.9. The summed E-state index contributed by atoms with van der Waals surface area (Å²) in [5.74, 6) is -0.948. The smallest absolute Gasteiger partial charge is 0.271 e. The highest BCUT2D eigenvalue weighted by atomic mass is 32.1. The molecule has 8 heteroatoms. The van der Waals surface area contributed by atoms with Gasteiger partial charge in [-0.2, -0.15) is 0 Å². The Labute approximate surface area is 139 Å². The van der Waals surface area contributed by atoms with Crippen LogP contribution in [-0.2, 0) is 4.79 Å². The number of nitro benzene ring substituents is 1. The number of amides is 1. The van der Waals surface area contributed by atoms with Gasteiger partial charge in [-0.3, -0.25) is 14.9 Å². The second kappa shape index (κ2) is 9.83. The Bertz CT molecular complexity index is 581. The monoisotopic (exact) mass is 341 g/mol. The second-order valence-corrected chi connectivity index (χ2v) is 5.50. The van der Waals surface area contributed by atoms with Gasteiger partial charge in [0.1, 0.15) is 5.82 Å². The summed E-state index contributed by atoms with van der Waals surface area (Å²) in [4.78, 5) is 21.7. The Hall–Kier alpha value is -2.09. The van der Waals surface area contributed by atoms with Crippen molar-refractivity contribution in [3.63, 3.8) is 0 Å². The van der Waals surface area contributed by atoms with Crippen molar-refractivity contribution in [1.82, 2.24) is 5.32 Å². The van der Waals surface area contributed by atoms with Gasteiger partial charge in [0.2, 0.25) is 5.91 Å². The maximum absolute atomic E-state index is 13.6. The molecule has 0 saturated carbocycles. The zero-order chi connectivity index (χ0) is 17.2. The standard InChI is InChI=1S/C15H20FN3O3S/c1-2-3-4-5-6-7-14(20)18-15(23)17-13-10-11(19(21)22)8-9-12(13)16/h8-10H,2-7H2,1H3,(H2,17,18,20,23). The van der Waals surface area contributed by atoms with Gasteiger partial charge in [-0.1, -0.05) is 32.6 Å². The number of anilines is 1. The summed E-state index contributed by atoms with van der Waals surface area (Å²) < 4.78 is 13.6. The largest absolute Gasteiger partial charge is 0.330 e. The Morgan fingerprint density at radius 1 is 1.30 bits per heavy atom. The minimum atomic E-state index is -0.688. The number of thiocarbonyl (C=S) groups is 1. The van der Waals surface area contributed by atoms with E-state index < -0.39 is 10.7 Å². The lowest BCUT2D eigenvalue weighted by atomic mass is 10.1. The fourth-order valence-corrected chi connectivity index (χ4v) is 2.18. The van der Waals surface area contributed by atoms with Crippen molar-refractivity contribution in [2.45, 2.75) is 45.4 Å². The van der Waals surface area contributed by atoms with Crippen molar-refractivity contribution >= 4 is 34.6 Å². The first-order valence-corrected chi connectivity index (χ1v) is 7.89. The molecule has 1 amide bonds. The minimum absolute atomic E-state index is 0.0806. The summed E-state index contributed by atoms with van der Waals surface area (Å²) in [6.45, 7) is 2.11. The molecule has 23 heavy (non-hydrogen) atoms. The molecule has 0 aliphatic carbocycles. The Morgan fingerprint density at radius 3 is 2.65 bits per heavy atom. The van der Waals surface area contributed by atoms with Crippen molar-refractivity contribution in [2.75, 3.05) is 5.32 Å². The number of rotatable bonds is 8. The number of carbonyl (C=O) groups is 1.